The van der Waals surface area contributed by atoms with Crippen molar-refractivity contribution in [2.24, 2.45) is 0 Å². The van der Waals surface area contributed by atoms with Crippen LogP contribution in [-0.4, -0.2) is 19.2 Å². The zero-order valence-electron chi connectivity index (χ0n) is 16.0. The summed E-state index contributed by atoms with van der Waals surface area (Å²) in [5, 5.41) is 13.6. The second kappa shape index (κ2) is 8.75. The first-order valence-electron chi connectivity index (χ1n) is 8.99. The number of carbonyl (C=O) groups excluding carboxylic acids is 1. The van der Waals surface area contributed by atoms with Crippen LogP contribution in [0.1, 0.15) is 28.9 Å². The average Bonchev–Trinajstić information content (AvgIpc) is 2.74. The van der Waals surface area contributed by atoms with Crippen LogP contribution in [0.2, 0.25) is 0 Å². The second-order valence-electron chi connectivity index (χ2n) is 6.54. The fraction of sp³-hybridized carbons (Fsp3) is 0.0952. The Morgan fingerprint density at radius 1 is 0.933 bits per heavy atom. The Hall–Kier alpha value is -3.72. The van der Waals surface area contributed by atoms with E-state index in [-0.39, 0.29) is 28.2 Å². The quantitative estimate of drug-likeness (QED) is 0.440. The Kier molecular flexibility index (Phi) is 6.12. The summed E-state index contributed by atoms with van der Waals surface area (Å²) in [7, 11) is -3.92. The van der Waals surface area contributed by atoms with Gasteiger partial charge in [-0.25, -0.2) is 8.42 Å². The van der Waals surface area contributed by atoms with Crippen LogP contribution >= 0.6 is 0 Å². The number of rotatable bonds is 7. The molecule has 1 unspecified atom stereocenters. The highest BCUT2D eigenvalue weighted by Gasteiger charge is 2.17. The Labute approximate surface area is 173 Å². The highest BCUT2D eigenvalue weighted by molar-refractivity contribution is 7.92. The number of carbonyl (C=O) groups is 1. The van der Waals surface area contributed by atoms with Gasteiger partial charge in [-0.2, -0.15) is 0 Å². The van der Waals surface area contributed by atoms with Crippen LogP contribution in [0.4, 0.5) is 11.4 Å². The summed E-state index contributed by atoms with van der Waals surface area (Å²) < 4.78 is 27.3. The highest BCUT2D eigenvalue weighted by Crippen LogP contribution is 2.20. The zero-order valence-corrected chi connectivity index (χ0v) is 16.8. The van der Waals surface area contributed by atoms with Gasteiger partial charge in [0.1, 0.15) is 0 Å². The van der Waals surface area contributed by atoms with E-state index in [1.807, 2.05) is 37.3 Å². The van der Waals surface area contributed by atoms with E-state index in [0.717, 1.165) is 29.8 Å². The molecule has 0 aliphatic rings. The molecule has 0 radical (unpaired) electrons. The second-order valence-corrected chi connectivity index (χ2v) is 8.22. The van der Waals surface area contributed by atoms with Gasteiger partial charge < -0.3 is 5.32 Å². The average molecular weight is 425 g/mol. The number of hydrogen-bond donors (Lipinski definition) is 2. The minimum atomic E-state index is -3.92. The molecule has 8 nitrogen and oxygen atoms in total. The third kappa shape index (κ3) is 5.00. The first-order chi connectivity index (χ1) is 14.3. The molecule has 0 spiro atoms. The van der Waals surface area contributed by atoms with E-state index < -0.39 is 14.9 Å². The maximum atomic E-state index is 12.4. The molecule has 30 heavy (non-hydrogen) atoms. The van der Waals surface area contributed by atoms with Crippen molar-refractivity contribution in [3.63, 3.8) is 0 Å². The number of sulfonamides is 1. The van der Waals surface area contributed by atoms with Crippen molar-refractivity contribution in [1.29, 1.82) is 0 Å². The van der Waals surface area contributed by atoms with Crippen molar-refractivity contribution in [2.75, 3.05) is 4.72 Å². The molecule has 0 fully saturated rings. The summed E-state index contributed by atoms with van der Waals surface area (Å²) in [5.74, 6) is -0.281. The molecule has 0 heterocycles. The lowest BCUT2D eigenvalue weighted by atomic mass is 10.1. The number of nitrogens with zero attached hydrogens (tertiary/aromatic N) is 1. The van der Waals surface area contributed by atoms with Crippen LogP contribution in [-0.2, 0) is 10.0 Å². The maximum absolute atomic E-state index is 12.4. The molecular formula is C21H19N3O5S. The van der Waals surface area contributed by atoms with Gasteiger partial charge in [0.2, 0.25) is 0 Å². The predicted octanol–water partition coefficient (Wildman–Crippen LogP) is 3.89. The number of amides is 1. The van der Waals surface area contributed by atoms with Crippen LogP contribution < -0.4 is 10.0 Å². The molecule has 9 heteroatoms. The van der Waals surface area contributed by atoms with Crippen molar-refractivity contribution < 1.29 is 18.1 Å². The van der Waals surface area contributed by atoms with Gasteiger partial charge in [-0.1, -0.05) is 30.3 Å². The van der Waals surface area contributed by atoms with E-state index in [4.69, 9.17) is 0 Å². The summed E-state index contributed by atoms with van der Waals surface area (Å²) in [6, 6.07) is 19.9. The molecule has 0 bridgehead atoms. The van der Waals surface area contributed by atoms with Crippen molar-refractivity contribution in [3.8, 4) is 0 Å². The molecule has 0 saturated heterocycles. The third-order valence-electron chi connectivity index (χ3n) is 4.40. The maximum Gasteiger partial charge on any atom is 0.269 e. The fourth-order valence-corrected chi connectivity index (χ4v) is 3.81. The van der Waals surface area contributed by atoms with Gasteiger partial charge in [-0.3, -0.25) is 19.6 Å². The SMILES string of the molecule is CC(NC(=O)c1ccc(NS(=O)(=O)c2ccc([N+](=O)[O-])cc2)cc1)c1ccccc1. The highest BCUT2D eigenvalue weighted by atomic mass is 32.2. The van der Waals surface area contributed by atoms with Gasteiger partial charge in [0, 0.05) is 23.4 Å². The van der Waals surface area contributed by atoms with Gasteiger partial charge in [0.05, 0.1) is 15.9 Å². The smallest absolute Gasteiger partial charge is 0.269 e. The van der Waals surface area contributed by atoms with E-state index in [2.05, 4.69) is 10.0 Å². The number of nitro groups is 1. The Bertz CT molecular complexity index is 1150. The molecule has 2 N–H and O–H groups in total. The van der Waals surface area contributed by atoms with Gasteiger partial charge in [0.25, 0.3) is 21.6 Å². The number of benzene rings is 3. The van der Waals surface area contributed by atoms with Crippen molar-refractivity contribution in [3.05, 3.63) is 100 Å². The molecule has 0 saturated carbocycles. The number of nitrogens with one attached hydrogen (secondary N) is 2. The van der Waals surface area contributed by atoms with E-state index in [1.165, 1.54) is 24.3 Å². The Morgan fingerprint density at radius 2 is 1.53 bits per heavy atom. The predicted molar refractivity (Wildman–Crippen MR) is 113 cm³/mol. The van der Waals surface area contributed by atoms with Gasteiger partial charge in [-0.15, -0.1) is 0 Å². The molecule has 1 amide bonds. The van der Waals surface area contributed by atoms with E-state index >= 15 is 0 Å². The van der Waals surface area contributed by atoms with Crippen LogP contribution in [0.5, 0.6) is 0 Å². The van der Waals surface area contributed by atoms with Gasteiger partial charge >= 0.3 is 0 Å². The van der Waals surface area contributed by atoms with Crippen LogP contribution in [0, 0.1) is 10.1 Å². The van der Waals surface area contributed by atoms with E-state index in [9.17, 15) is 23.3 Å². The standard InChI is InChI=1S/C21H19N3O5S/c1-15(16-5-3-2-4-6-16)22-21(25)17-7-9-18(10-8-17)23-30(28,29)20-13-11-19(12-14-20)24(26)27/h2-15,23H,1H3,(H,22,25). The first-order valence-corrected chi connectivity index (χ1v) is 10.5. The van der Waals surface area contributed by atoms with Crippen molar-refractivity contribution >= 4 is 27.3 Å². The number of non-ortho nitro benzene ring substituents is 1. The van der Waals surface area contributed by atoms with E-state index in [0.29, 0.717) is 5.56 Å². The Balaban J connectivity index is 1.67. The van der Waals surface area contributed by atoms with Crippen LogP contribution in [0.25, 0.3) is 0 Å². The zero-order chi connectivity index (χ0) is 21.7. The van der Waals surface area contributed by atoms with Crippen LogP contribution in [0.15, 0.2) is 83.8 Å². The summed E-state index contributed by atoms with van der Waals surface area (Å²) in [6.07, 6.45) is 0. The number of anilines is 1. The molecule has 1 atom stereocenters. The lowest BCUT2D eigenvalue weighted by molar-refractivity contribution is -0.384. The topological polar surface area (TPSA) is 118 Å². The summed E-state index contributed by atoms with van der Waals surface area (Å²) in [5.41, 5.74) is 1.42. The fourth-order valence-electron chi connectivity index (χ4n) is 2.76. The summed E-state index contributed by atoms with van der Waals surface area (Å²) in [4.78, 5) is 22.4. The lowest BCUT2D eigenvalue weighted by Gasteiger charge is -2.14. The molecule has 3 aromatic carbocycles. The van der Waals surface area contributed by atoms with Gasteiger partial charge in [0.15, 0.2) is 0 Å². The number of hydrogen-bond acceptors (Lipinski definition) is 5. The molecule has 0 aromatic heterocycles. The molecule has 0 aliphatic carbocycles. The first kappa shape index (κ1) is 21.0. The molecule has 154 valence electrons. The Morgan fingerprint density at radius 3 is 2.10 bits per heavy atom. The number of nitro benzene ring substituents is 1. The third-order valence-corrected chi connectivity index (χ3v) is 5.80. The normalized spacial score (nSPS) is 12.0. The largest absolute Gasteiger partial charge is 0.346 e. The molecule has 3 aromatic rings. The van der Waals surface area contributed by atoms with Crippen molar-refractivity contribution in [2.45, 2.75) is 17.9 Å². The minimum absolute atomic E-state index is 0.105. The summed E-state index contributed by atoms with van der Waals surface area (Å²) in [6.45, 7) is 1.87. The minimum Gasteiger partial charge on any atom is -0.346 e. The van der Waals surface area contributed by atoms with Gasteiger partial charge in [-0.05, 0) is 48.9 Å². The van der Waals surface area contributed by atoms with Crippen LogP contribution in [0.3, 0.4) is 0 Å². The summed E-state index contributed by atoms with van der Waals surface area (Å²) >= 11 is 0. The monoisotopic (exact) mass is 425 g/mol. The molecular weight excluding hydrogens is 406 g/mol. The van der Waals surface area contributed by atoms with Crippen molar-refractivity contribution in [1.82, 2.24) is 5.32 Å². The lowest BCUT2D eigenvalue weighted by Crippen LogP contribution is -2.26. The molecule has 0 aliphatic heterocycles. The van der Waals surface area contributed by atoms with E-state index in [1.54, 1.807) is 0 Å². The molecule has 3 rings (SSSR count).